The summed E-state index contributed by atoms with van der Waals surface area (Å²) in [5, 5.41) is 2.49. The Kier molecular flexibility index (Phi) is 4.93. The highest BCUT2D eigenvalue weighted by Gasteiger charge is 2.28. The van der Waals surface area contributed by atoms with Crippen LogP contribution >= 0.6 is 0 Å². The lowest BCUT2D eigenvalue weighted by molar-refractivity contribution is 0.135. The molecule has 3 aromatic rings. The Morgan fingerprint density at radius 1 is 1.00 bits per heavy atom. The van der Waals surface area contributed by atoms with E-state index in [4.69, 9.17) is 4.74 Å². The normalized spacial score (nSPS) is 16.9. The van der Waals surface area contributed by atoms with Gasteiger partial charge in [0.1, 0.15) is 5.75 Å². The number of hydrogen-bond donors (Lipinski definition) is 0. The predicted molar refractivity (Wildman–Crippen MR) is 110 cm³/mol. The Morgan fingerprint density at radius 3 is 2.52 bits per heavy atom. The van der Waals surface area contributed by atoms with Crippen LogP contribution < -0.4 is 4.74 Å². The monoisotopic (exact) mass is 357 g/mol. The van der Waals surface area contributed by atoms with Crippen molar-refractivity contribution in [2.75, 3.05) is 6.54 Å². The van der Waals surface area contributed by atoms with Gasteiger partial charge in [-0.3, -0.25) is 0 Å². The summed E-state index contributed by atoms with van der Waals surface area (Å²) in [5.41, 5.74) is 2.54. The SMILES string of the molecule is CCC1CC(c2ccc3ccccc3c2)=CCN1C(=O)Oc1ccccc1. The van der Waals surface area contributed by atoms with Crippen molar-refractivity contribution in [2.24, 2.45) is 0 Å². The molecule has 0 saturated carbocycles. The van der Waals surface area contributed by atoms with Crippen molar-refractivity contribution in [3.8, 4) is 5.75 Å². The van der Waals surface area contributed by atoms with E-state index in [1.54, 1.807) is 12.1 Å². The molecule has 1 atom stereocenters. The van der Waals surface area contributed by atoms with Gasteiger partial charge in [0.15, 0.2) is 0 Å². The molecule has 0 saturated heterocycles. The van der Waals surface area contributed by atoms with Crippen molar-refractivity contribution in [1.29, 1.82) is 0 Å². The average molecular weight is 357 g/mol. The zero-order valence-corrected chi connectivity index (χ0v) is 15.5. The predicted octanol–water partition coefficient (Wildman–Crippen LogP) is 5.91. The van der Waals surface area contributed by atoms with E-state index in [9.17, 15) is 4.79 Å². The summed E-state index contributed by atoms with van der Waals surface area (Å²) in [7, 11) is 0. The third-order valence-corrected chi connectivity index (χ3v) is 5.21. The van der Waals surface area contributed by atoms with Crippen LogP contribution in [0.3, 0.4) is 0 Å². The number of amides is 1. The molecule has 0 bridgehead atoms. The first-order valence-electron chi connectivity index (χ1n) is 9.46. The molecule has 1 amide bonds. The largest absolute Gasteiger partial charge is 0.415 e. The molecule has 4 rings (SSSR count). The molecule has 3 heteroatoms. The molecule has 136 valence electrons. The molecule has 1 unspecified atom stereocenters. The number of rotatable bonds is 3. The average Bonchev–Trinajstić information content (AvgIpc) is 2.73. The molecule has 0 radical (unpaired) electrons. The van der Waals surface area contributed by atoms with Gasteiger partial charge in [0, 0.05) is 12.6 Å². The number of carbonyl (C=O) groups is 1. The van der Waals surface area contributed by atoms with Gasteiger partial charge >= 0.3 is 6.09 Å². The number of fused-ring (bicyclic) bond motifs is 1. The van der Waals surface area contributed by atoms with E-state index >= 15 is 0 Å². The first-order chi connectivity index (χ1) is 13.2. The van der Waals surface area contributed by atoms with E-state index in [2.05, 4.69) is 55.5 Å². The van der Waals surface area contributed by atoms with E-state index in [1.807, 2.05) is 23.1 Å². The highest BCUT2D eigenvalue weighted by molar-refractivity contribution is 5.86. The number of para-hydroxylation sites is 1. The summed E-state index contributed by atoms with van der Waals surface area (Å²) in [5.74, 6) is 0.585. The number of carbonyl (C=O) groups excluding carboxylic acids is 1. The molecular formula is C24H23NO2. The Labute approximate surface area is 159 Å². The van der Waals surface area contributed by atoms with Gasteiger partial charge in [-0.2, -0.15) is 0 Å². The summed E-state index contributed by atoms with van der Waals surface area (Å²) in [6, 6.07) is 24.4. The van der Waals surface area contributed by atoms with Crippen LogP contribution in [0.1, 0.15) is 25.3 Å². The fourth-order valence-corrected chi connectivity index (χ4v) is 3.67. The number of benzene rings is 3. The summed E-state index contributed by atoms with van der Waals surface area (Å²) in [4.78, 5) is 14.5. The van der Waals surface area contributed by atoms with Crippen molar-refractivity contribution in [3.05, 3.63) is 84.4 Å². The van der Waals surface area contributed by atoms with Crippen molar-refractivity contribution in [2.45, 2.75) is 25.8 Å². The van der Waals surface area contributed by atoms with Crippen LogP contribution in [0.15, 0.2) is 78.9 Å². The van der Waals surface area contributed by atoms with Crippen LogP contribution in [-0.4, -0.2) is 23.6 Å². The summed E-state index contributed by atoms with van der Waals surface area (Å²) in [6.07, 6.45) is 3.62. The topological polar surface area (TPSA) is 29.5 Å². The molecule has 0 aromatic heterocycles. The fraction of sp³-hybridized carbons (Fsp3) is 0.208. The smallest absolute Gasteiger partial charge is 0.410 e. The third kappa shape index (κ3) is 3.72. The van der Waals surface area contributed by atoms with Gasteiger partial charge in [0.05, 0.1) is 0 Å². The Hall–Kier alpha value is -3.07. The van der Waals surface area contributed by atoms with E-state index in [0.717, 1.165) is 12.8 Å². The van der Waals surface area contributed by atoms with E-state index in [0.29, 0.717) is 12.3 Å². The maximum atomic E-state index is 12.6. The van der Waals surface area contributed by atoms with Gasteiger partial charge in [0.2, 0.25) is 0 Å². The lowest BCUT2D eigenvalue weighted by Gasteiger charge is -2.34. The molecule has 3 aromatic carbocycles. The molecule has 0 spiro atoms. The third-order valence-electron chi connectivity index (χ3n) is 5.21. The van der Waals surface area contributed by atoms with Crippen LogP contribution in [0.25, 0.3) is 16.3 Å². The van der Waals surface area contributed by atoms with E-state index in [1.165, 1.54) is 21.9 Å². The van der Waals surface area contributed by atoms with Crippen LogP contribution in [0, 0.1) is 0 Å². The lowest BCUT2D eigenvalue weighted by atomic mass is 9.92. The molecule has 1 aliphatic heterocycles. The maximum Gasteiger partial charge on any atom is 0.415 e. The zero-order valence-electron chi connectivity index (χ0n) is 15.5. The zero-order chi connectivity index (χ0) is 18.6. The molecule has 1 aliphatic rings. The number of hydrogen-bond acceptors (Lipinski definition) is 2. The quantitative estimate of drug-likeness (QED) is 0.583. The minimum absolute atomic E-state index is 0.146. The number of ether oxygens (including phenoxy) is 1. The molecule has 0 N–H and O–H groups in total. The Balaban J connectivity index is 1.54. The highest BCUT2D eigenvalue weighted by atomic mass is 16.6. The standard InChI is InChI=1S/C24H23NO2/c1-2-22-17-21(20-13-12-18-8-6-7-9-19(18)16-20)14-15-25(22)24(26)27-23-10-4-3-5-11-23/h3-14,16,22H,2,15,17H2,1H3. The summed E-state index contributed by atoms with van der Waals surface area (Å²) >= 11 is 0. The molecule has 0 fully saturated rings. The van der Waals surface area contributed by atoms with Gasteiger partial charge in [-0.15, -0.1) is 0 Å². The van der Waals surface area contributed by atoms with Gasteiger partial charge in [-0.25, -0.2) is 4.79 Å². The second-order valence-electron chi connectivity index (χ2n) is 6.89. The van der Waals surface area contributed by atoms with Gasteiger partial charge in [0.25, 0.3) is 0 Å². The van der Waals surface area contributed by atoms with Crippen LogP contribution in [0.5, 0.6) is 5.75 Å². The molecular weight excluding hydrogens is 334 g/mol. The van der Waals surface area contributed by atoms with Crippen molar-refractivity contribution >= 4 is 22.4 Å². The number of nitrogens with zero attached hydrogens (tertiary/aromatic N) is 1. The van der Waals surface area contributed by atoms with Crippen molar-refractivity contribution in [1.82, 2.24) is 4.90 Å². The minimum Gasteiger partial charge on any atom is -0.410 e. The summed E-state index contributed by atoms with van der Waals surface area (Å²) in [6.45, 7) is 2.70. The second kappa shape index (κ2) is 7.67. The molecule has 3 nitrogen and oxygen atoms in total. The maximum absolute atomic E-state index is 12.6. The minimum atomic E-state index is -0.276. The molecule has 0 aliphatic carbocycles. The first-order valence-corrected chi connectivity index (χ1v) is 9.46. The van der Waals surface area contributed by atoms with E-state index in [-0.39, 0.29) is 12.1 Å². The van der Waals surface area contributed by atoms with Crippen LogP contribution in [-0.2, 0) is 0 Å². The summed E-state index contributed by atoms with van der Waals surface area (Å²) < 4.78 is 5.54. The second-order valence-corrected chi connectivity index (χ2v) is 6.89. The highest BCUT2D eigenvalue weighted by Crippen LogP contribution is 2.30. The Morgan fingerprint density at radius 2 is 1.74 bits per heavy atom. The van der Waals surface area contributed by atoms with Gasteiger partial charge < -0.3 is 9.64 Å². The van der Waals surface area contributed by atoms with Crippen molar-refractivity contribution < 1.29 is 9.53 Å². The van der Waals surface area contributed by atoms with Gasteiger partial charge in [-0.05, 0) is 52.9 Å². The first kappa shape index (κ1) is 17.3. The molecule has 1 heterocycles. The fourth-order valence-electron chi connectivity index (χ4n) is 3.67. The Bertz CT molecular complexity index is 978. The van der Waals surface area contributed by atoms with Gasteiger partial charge in [-0.1, -0.05) is 67.6 Å². The van der Waals surface area contributed by atoms with Crippen LogP contribution in [0.2, 0.25) is 0 Å². The lowest BCUT2D eigenvalue weighted by Crippen LogP contribution is -2.44. The van der Waals surface area contributed by atoms with Crippen LogP contribution in [0.4, 0.5) is 4.79 Å². The molecule has 27 heavy (non-hydrogen) atoms. The van der Waals surface area contributed by atoms with E-state index < -0.39 is 0 Å². The van der Waals surface area contributed by atoms with Crippen molar-refractivity contribution in [3.63, 3.8) is 0 Å².